The molecule has 2 heteroatoms. The molecule has 0 saturated carbocycles. The summed E-state index contributed by atoms with van der Waals surface area (Å²) in [5.41, 5.74) is 2.55. The number of rotatable bonds is 6. The van der Waals surface area contributed by atoms with Gasteiger partial charge in [0.25, 0.3) is 0 Å². The van der Waals surface area contributed by atoms with Crippen molar-refractivity contribution in [2.24, 2.45) is 0 Å². The van der Waals surface area contributed by atoms with Gasteiger partial charge < -0.3 is 5.32 Å². The molecule has 0 radical (unpaired) electrons. The maximum Gasteiger partial charge on any atom is 0.217 e. The standard InChI is InChI=1S/C14H21NO.H2/c1-3-4-5-6-13-7-9-14(10-8-13)11-15-12(2)16;/h7-10H,3-6,11H2,1-2H3,(H,15,16);1H. The summed E-state index contributed by atoms with van der Waals surface area (Å²) < 4.78 is 0. The van der Waals surface area contributed by atoms with Gasteiger partial charge in [0.15, 0.2) is 0 Å². The first-order valence-corrected chi connectivity index (χ1v) is 6.04. The molecule has 1 aromatic carbocycles. The van der Waals surface area contributed by atoms with Crippen LogP contribution in [0.25, 0.3) is 0 Å². The molecule has 0 saturated heterocycles. The summed E-state index contributed by atoms with van der Waals surface area (Å²) >= 11 is 0. The Bertz CT molecular complexity index is 321. The minimum atomic E-state index is 0. The largest absolute Gasteiger partial charge is 0.352 e. The predicted octanol–water partition coefficient (Wildman–Crippen LogP) is 3.30. The molecule has 0 unspecified atom stereocenters. The molecule has 90 valence electrons. The molecule has 2 nitrogen and oxygen atoms in total. The topological polar surface area (TPSA) is 29.1 Å². The van der Waals surface area contributed by atoms with Crippen LogP contribution in [0.15, 0.2) is 24.3 Å². The first-order valence-electron chi connectivity index (χ1n) is 6.04. The van der Waals surface area contributed by atoms with Gasteiger partial charge in [0, 0.05) is 14.9 Å². The normalized spacial score (nSPS) is 10.1. The average molecular weight is 221 g/mol. The van der Waals surface area contributed by atoms with Gasteiger partial charge in [0.05, 0.1) is 0 Å². The fraction of sp³-hybridized carbons (Fsp3) is 0.500. The highest BCUT2D eigenvalue weighted by Gasteiger charge is 1.96. The Morgan fingerprint density at radius 1 is 1.19 bits per heavy atom. The van der Waals surface area contributed by atoms with Crippen LogP contribution >= 0.6 is 0 Å². The molecule has 1 amide bonds. The number of hydrogen-bond donors (Lipinski definition) is 1. The fourth-order valence-electron chi connectivity index (χ4n) is 1.63. The molecule has 0 atom stereocenters. The van der Waals surface area contributed by atoms with Crippen LogP contribution < -0.4 is 5.32 Å². The first-order chi connectivity index (χ1) is 7.72. The summed E-state index contributed by atoms with van der Waals surface area (Å²) in [6.07, 6.45) is 4.99. The van der Waals surface area contributed by atoms with Crippen LogP contribution in [-0.2, 0) is 17.8 Å². The van der Waals surface area contributed by atoms with Gasteiger partial charge in [-0.25, -0.2) is 0 Å². The zero-order valence-electron chi connectivity index (χ0n) is 10.3. The maximum absolute atomic E-state index is 10.7. The Morgan fingerprint density at radius 2 is 1.81 bits per heavy atom. The van der Waals surface area contributed by atoms with E-state index in [9.17, 15) is 4.79 Å². The molecule has 1 aromatic rings. The molecule has 0 fully saturated rings. The van der Waals surface area contributed by atoms with Crippen molar-refractivity contribution >= 4 is 5.91 Å². The molecular weight excluding hydrogens is 198 g/mol. The SMILES string of the molecule is CCCCCc1ccc(CNC(C)=O)cc1.[HH]. The monoisotopic (exact) mass is 221 g/mol. The average Bonchev–Trinajstić information content (AvgIpc) is 2.28. The highest BCUT2D eigenvalue weighted by atomic mass is 16.1. The number of aryl methyl sites for hydroxylation is 1. The number of benzene rings is 1. The van der Waals surface area contributed by atoms with Gasteiger partial charge in [-0.15, -0.1) is 0 Å². The summed E-state index contributed by atoms with van der Waals surface area (Å²) in [6.45, 7) is 4.39. The fourth-order valence-corrected chi connectivity index (χ4v) is 1.63. The van der Waals surface area contributed by atoms with Gasteiger partial charge >= 0.3 is 0 Å². The second-order valence-corrected chi connectivity index (χ2v) is 4.18. The van der Waals surface area contributed by atoms with E-state index in [-0.39, 0.29) is 7.33 Å². The van der Waals surface area contributed by atoms with Gasteiger partial charge in [0.1, 0.15) is 0 Å². The summed E-state index contributed by atoms with van der Waals surface area (Å²) in [7, 11) is 0. The summed E-state index contributed by atoms with van der Waals surface area (Å²) in [6, 6.07) is 8.51. The molecule has 0 aliphatic rings. The maximum atomic E-state index is 10.7. The second-order valence-electron chi connectivity index (χ2n) is 4.18. The highest BCUT2D eigenvalue weighted by Crippen LogP contribution is 2.08. The van der Waals surface area contributed by atoms with E-state index < -0.39 is 0 Å². The molecule has 0 spiro atoms. The van der Waals surface area contributed by atoms with Crippen molar-refractivity contribution in [1.82, 2.24) is 5.32 Å². The smallest absolute Gasteiger partial charge is 0.217 e. The molecule has 0 aliphatic heterocycles. The number of carbonyl (C=O) groups excluding carboxylic acids is 1. The van der Waals surface area contributed by atoms with E-state index in [1.165, 1.54) is 24.8 Å². The molecule has 0 aliphatic carbocycles. The van der Waals surface area contributed by atoms with Crippen LogP contribution in [0.4, 0.5) is 0 Å². The first kappa shape index (κ1) is 12.8. The van der Waals surface area contributed by atoms with Crippen molar-refractivity contribution in [3.63, 3.8) is 0 Å². The van der Waals surface area contributed by atoms with Crippen molar-refractivity contribution in [1.29, 1.82) is 0 Å². The van der Waals surface area contributed by atoms with Crippen LogP contribution in [0.3, 0.4) is 0 Å². The van der Waals surface area contributed by atoms with E-state index in [0.29, 0.717) is 6.54 Å². The number of nitrogens with one attached hydrogen (secondary N) is 1. The molecule has 16 heavy (non-hydrogen) atoms. The van der Waals surface area contributed by atoms with Crippen LogP contribution in [0, 0.1) is 0 Å². The van der Waals surface area contributed by atoms with E-state index in [0.717, 1.165) is 12.0 Å². The summed E-state index contributed by atoms with van der Waals surface area (Å²) in [5.74, 6) is 0.0204. The minimum Gasteiger partial charge on any atom is -0.352 e. The third kappa shape index (κ3) is 4.96. The van der Waals surface area contributed by atoms with Crippen molar-refractivity contribution in [3.05, 3.63) is 35.4 Å². The number of amides is 1. The van der Waals surface area contributed by atoms with Crippen molar-refractivity contribution < 1.29 is 6.22 Å². The lowest BCUT2D eigenvalue weighted by molar-refractivity contribution is -0.119. The lowest BCUT2D eigenvalue weighted by atomic mass is 10.1. The predicted molar refractivity (Wildman–Crippen MR) is 69.3 cm³/mol. The summed E-state index contributed by atoms with van der Waals surface area (Å²) in [4.78, 5) is 10.7. The number of hydrogen-bond acceptors (Lipinski definition) is 1. The van der Waals surface area contributed by atoms with Gasteiger partial charge in [-0.2, -0.15) is 0 Å². The molecule has 0 bridgehead atoms. The molecule has 1 N–H and O–H groups in total. The minimum absolute atomic E-state index is 0. The third-order valence-corrected chi connectivity index (χ3v) is 2.63. The Balaban J connectivity index is 0.00000256. The van der Waals surface area contributed by atoms with E-state index in [2.05, 4.69) is 36.5 Å². The van der Waals surface area contributed by atoms with E-state index in [1.54, 1.807) is 6.92 Å². The van der Waals surface area contributed by atoms with Crippen LogP contribution in [-0.4, -0.2) is 5.91 Å². The quantitative estimate of drug-likeness (QED) is 0.734. The summed E-state index contributed by atoms with van der Waals surface area (Å²) in [5, 5.41) is 2.79. The molecule has 0 aromatic heterocycles. The lowest BCUT2D eigenvalue weighted by Gasteiger charge is -2.04. The van der Waals surface area contributed by atoms with Gasteiger partial charge in [-0.3, -0.25) is 4.79 Å². The lowest BCUT2D eigenvalue weighted by Crippen LogP contribution is -2.18. The molecular formula is C14H23NO. The number of carbonyl (C=O) groups is 1. The Morgan fingerprint density at radius 3 is 2.38 bits per heavy atom. The van der Waals surface area contributed by atoms with E-state index in [4.69, 9.17) is 0 Å². The van der Waals surface area contributed by atoms with Crippen molar-refractivity contribution in [2.75, 3.05) is 0 Å². The van der Waals surface area contributed by atoms with Crippen LogP contribution in [0.1, 0.15) is 45.7 Å². The second kappa shape index (κ2) is 7.04. The van der Waals surface area contributed by atoms with Crippen molar-refractivity contribution in [3.8, 4) is 0 Å². The van der Waals surface area contributed by atoms with Crippen LogP contribution in [0.2, 0.25) is 0 Å². The van der Waals surface area contributed by atoms with E-state index in [1.807, 2.05) is 0 Å². The van der Waals surface area contributed by atoms with Crippen molar-refractivity contribution in [2.45, 2.75) is 46.1 Å². The zero-order valence-corrected chi connectivity index (χ0v) is 10.3. The van der Waals surface area contributed by atoms with Crippen LogP contribution in [0.5, 0.6) is 0 Å². The van der Waals surface area contributed by atoms with E-state index >= 15 is 0 Å². The Labute approximate surface area is 99.5 Å². The van der Waals surface area contributed by atoms with Gasteiger partial charge in [-0.05, 0) is 24.0 Å². The molecule has 0 heterocycles. The zero-order chi connectivity index (χ0) is 11.8. The Hall–Kier alpha value is -1.31. The highest BCUT2D eigenvalue weighted by molar-refractivity contribution is 5.72. The third-order valence-electron chi connectivity index (χ3n) is 2.63. The van der Waals surface area contributed by atoms with Gasteiger partial charge in [-0.1, -0.05) is 44.0 Å². The molecule has 1 rings (SSSR count). The van der Waals surface area contributed by atoms with Gasteiger partial charge in [0.2, 0.25) is 5.91 Å². The Kier molecular flexibility index (Phi) is 5.62. The number of unbranched alkanes of at least 4 members (excludes halogenated alkanes) is 2.